The number of nitrogens with one attached hydrogen (secondary N) is 2. The number of halogens is 1. The van der Waals surface area contributed by atoms with Crippen LogP contribution < -0.4 is 20.1 Å². The zero-order valence-corrected chi connectivity index (χ0v) is 34.1. The van der Waals surface area contributed by atoms with Crippen LogP contribution in [0, 0.1) is 13.8 Å². The van der Waals surface area contributed by atoms with Gasteiger partial charge in [-0.25, -0.2) is 0 Å². The lowest BCUT2D eigenvalue weighted by molar-refractivity contribution is -0.136. The van der Waals surface area contributed by atoms with Crippen LogP contribution in [0.15, 0.2) is 78.9 Å². The largest absolute Gasteiger partial charge is 0.506 e. The Balaban J connectivity index is 0.844. The fraction of sp³-hybridized carbons (Fsp3) is 0.289. The number of ether oxygens (including phenoxy) is 3. The number of hydrogen-bond acceptors (Lipinski definition) is 10. The van der Waals surface area contributed by atoms with Crippen molar-refractivity contribution < 1.29 is 43.3 Å². The van der Waals surface area contributed by atoms with Crippen LogP contribution in [0.2, 0.25) is 5.02 Å². The quantitative estimate of drug-likeness (QED) is 0.0807. The Bertz CT molecular complexity index is 2480. The fourth-order valence-electron chi connectivity index (χ4n) is 7.35. The van der Waals surface area contributed by atoms with Gasteiger partial charge in [-0.3, -0.25) is 38.9 Å². The van der Waals surface area contributed by atoms with E-state index < -0.39 is 42.2 Å². The molecular formula is C45H44ClN5O9. The van der Waals surface area contributed by atoms with Gasteiger partial charge in [0.05, 0.1) is 34.7 Å². The first-order valence-corrected chi connectivity index (χ1v) is 19.9. The number of carbonyl (C=O) groups excluding carboxylic acids is 5. The van der Waals surface area contributed by atoms with Gasteiger partial charge in [0.2, 0.25) is 11.8 Å². The number of hydrogen-bond donors (Lipinski definition) is 3. The van der Waals surface area contributed by atoms with Gasteiger partial charge >= 0.3 is 0 Å². The van der Waals surface area contributed by atoms with Crippen molar-refractivity contribution in [1.29, 1.82) is 0 Å². The third-order valence-corrected chi connectivity index (χ3v) is 10.8. The van der Waals surface area contributed by atoms with Crippen LogP contribution >= 0.6 is 11.6 Å². The number of aromatic hydroxyl groups is 1. The van der Waals surface area contributed by atoms with Crippen molar-refractivity contribution in [3.63, 3.8) is 0 Å². The number of fused-ring (bicyclic) bond motifs is 1. The van der Waals surface area contributed by atoms with Crippen molar-refractivity contribution in [2.24, 2.45) is 7.05 Å². The van der Waals surface area contributed by atoms with Crippen LogP contribution in [-0.4, -0.2) is 81.7 Å². The number of rotatable bonds is 16. The standard InChI is InChI=1S/C45H44ClN5O9/c1-26-22-30(13-15-33(26)46)40-37(17-14-31(42(40)54)35-23-27(2)49-50(35)3)59-24-29-11-9-28(10-12-29)6-5-20-58-21-19-47-39(53)25-60-36-8-4-7-32-41(36)45(57)51(44(32)56)34-16-18-38(52)48-43(34)55/h4,7-15,17,22-23,34,54H,5-6,16,18-21,24-25H2,1-3H3,(H,47,53)(H,48,52,55). The summed E-state index contributed by atoms with van der Waals surface area (Å²) in [6.45, 7) is 4.73. The van der Waals surface area contributed by atoms with Gasteiger partial charge < -0.3 is 24.6 Å². The summed E-state index contributed by atoms with van der Waals surface area (Å²) in [7, 11) is 1.84. The minimum Gasteiger partial charge on any atom is -0.506 e. The van der Waals surface area contributed by atoms with Gasteiger partial charge in [-0.1, -0.05) is 48.0 Å². The average molecular weight is 834 g/mol. The second-order valence-corrected chi connectivity index (χ2v) is 15.1. The molecule has 2 aliphatic rings. The highest BCUT2D eigenvalue weighted by molar-refractivity contribution is 6.31. The Morgan fingerprint density at radius 2 is 1.67 bits per heavy atom. The van der Waals surface area contributed by atoms with Gasteiger partial charge in [0.25, 0.3) is 17.7 Å². The third-order valence-electron chi connectivity index (χ3n) is 10.4. The Hall–Kier alpha value is -6.51. The van der Waals surface area contributed by atoms with Crippen molar-refractivity contribution in [2.75, 3.05) is 26.4 Å². The smallest absolute Gasteiger partial charge is 0.266 e. The highest BCUT2D eigenvalue weighted by Crippen LogP contribution is 2.45. The van der Waals surface area contributed by atoms with Crippen LogP contribution in [-0.2, 0) is 39.2 Å². The SMILES string of the molecule is Cc1cc(-c2ccc(OCc3ccc(CCCOCCNC(=O)COc4cccc5c4C(=O)N(C4CCC(=O)NC4=O)C5=O)cc3)c(-c3ccc(Cl)c(C)c3)c2O)n(C)n1. The van der Waals surface area contributed by atoms with Crippen molar-refractivity contribution in [1.82, 2.24) is 25.3 Å². The molecule has 0 radical (unpaired) electrons. The number of phenolic OH excluding ortho intramolecular Hbond substituents is 1. The van der Waals surface area contributed by atoms with E-state index in [0.29, 0.717) is 28.5 Å². The number of nitrogens with zero attached hydrogens (tertiary/aromatic N) is 3. The highest BCUT2D eigenvalue weighted by atomic mass is 35.5. The van der Waals surface area contributed by atoms with Crippen molar-refractivity contribution in [3.8, 4) is 39.6 Å². The summed E-state index contributed by atoms with van der Waals surface area (Å²) in [5.41, 5.74) is 6.65. The summed E-state index contributed by atoms with van der Waals surface area (Å²) in [4.78, 5) is 63.6. The lowest BCUT2D eigenvalue weighted by Crippen LogP contribution is -2.54. The monoisotopic (exact) mass is 833 g/mol. The number of imide groups is 2. The van der Waals surface area contributed by atoms with Crippen LogP contribution in [0.25, 0.3) is 22.4 Å². The minimum absolute atomic E-state index is 0.00957. The molecule has 5 aromatic rings. The Labute approximate surface area is 351 Å². The first-order valence-electron chi connectivity index (χ1n) is 19.6. The maximum Gasteiger partial charge on any atom is 0.266 e. The lowest BCUT2D eigenvalue weighted by atomic mass is 9.97. The van der Waals surface area contributed by atoms with Crippen LogP contribution in [0.4, 0.5) is 0 Å². The highest BCUT2D eigenvalue weighted by Gasteiger charge is 2.46. The molecule has 1 fully saturated rings. The Morgan fingerprint density at radius 3 is 2.40 bits per heavy atom. The number of benzene rings is 4. The predicted octanol–water partition coefficient (Wildman–Crippen LogP) is 5.85. The molecule has 1 unspecified atom stereocenters. The molecule has 3 heterocycles. The third kappa shape index (κ3) is 9.04. The van der Waals surface area contributed by atoms with Gasteiger partial charge in [-0.15, -0.1) is 0 Å². The zero-order valence-electron chi connectivity index (χ0n) is 33.4. The number of aromatic nitrogens is 2. The molecule has 310 valence electrons. The number of amides is 5. The molecular weight excluding hydrogens is 790 g/mol. The van der Waals surface area contributed by atoms with E-state index in [0.717, 1.165) is 51.4 Å². The van der Waals surface area contributed by atoms with E-state index in [1.807, 2.05) is 81.6 Å². The molecule has 60 heavy (non-hydrogen) atoms. The first-order chi connectivity index (χ1) is 28.9. The number of phenols is 1. The molecule has 0 spiro atoms. The summed E-state index contributed by atoms with van der Waals surface area (Å²) in [5, 5.41) is 21.6. The lowest BCUT2D eigenvalue weighted by Gasteiger charge is -2.27. The summed E-state index contributed by atoms with van der Waals surface area (Å²) >= 11 is 6.33. The number of carbonyl (C=O) groups is 5. The van der Waals surface area contributed by atoms with E-state index in [1.54, 1.807) is 4.68 Å². The summed E-state index contributed by atoms with van der Waals surface area (Å²) in [6.07, 6.45) is 1.59. The molecule has 0 aliphatic carbocycles. The van der Waals surface area contributed by atoms with Crippen molar-refractivity contribution in [2.45, 2.75) is 52.2 Å². The molecule has 5 amide bonds. The normalized spacial score (nSPS) is 14.9. The van der Waals surface area contributed by atoms with E-state index in [4.69, 9.17) is 25.8 Å². The molecule has 14 nitrogen and oxygen atoms in total. The predicted molar refractivity (Wildman–Crippen MR) is 222 cm³/mol. The first kappa shape index (κ1) is 41.6. The van der Waals surface area contributed by atoms with E-state index in [2.05, 4.69) is 15.7 Å². The molecule has 1 aromatic heterocycles. The van der Waals surface area contributed by atoms with Gasteiger partial charge in [-0.2, -0.15) is 5.10 Å². The maximum atomic E-state index is 13.2. The molecule has 1 atom stereocenters. The van der Waals surface area contributed by atoms with Crippen LogP contribution in [0.3, 0.4) is 0 Å². The topological polar surface area (TPSA) is 178 Å². The summed E-state index contributed by atoms with van der Waals surface area (Å²) in [5.74, 6) is -2.30. The van der Waals surface area contributed by atoms with Crippen LogP contribution in [0.1, 0.15) is 62.4 Å². The van der Waals surface area contributed by atoms with Crippen molar-refractivity contribution >= 4 is 41.1 Å². The molecule has 3 N–H and O–H groups in total. The molecule has 1 saturated heterocycles. The minimum atomic E-state index is -1.10. The van der Waals surface area contributed by atoms with Gasteiger partial charge in [0, 0.05) is 37.2 Å². The van der Waals surface area contributed by atoms with Crippen molar-refractivity contribution in [3.05, 3.63) is 117 Å². The average Bonchev–Trinajstić information content (AvgIpc) is 3.70. The fourth-order valence-corrected chi connectivity index (χ4v) is 7.46. The molecule has 15 heteroatoms. The maximum absolute atomic E-state index is 13.2. The second-order valence-electron chi connectivity index (χ2n) is 14.7. The summed E-state index contributed by atoms with van der Waals surface area (Å²) in [6, 6.07) is 22.7. The van der Waals surface area contributed by atoms with Gasteiger partial charge in [0.15, 0.2) is 6.61 Å². The Kier molecular flexibility index (Phi) is 12.6. The van der Waals surface area contributed by atoms with Gasteiger partial charge in [-0.05, 0) is 97.8 Å². The molecule has 0 saturated carbocycles. The zero-order chi connectivity index (χ0) is 42.5. The second kappa shape index (κ2) is 18.2. The van der Waals surface area contributed by atoms with E-state index in [1.165, 1.54) is 18.2 Å². The molecule has 0 bridgehead atoms. The van der Waals surface area contributed by atoms with Crippen LogP contribution in [0.5, 0.6) is 17.2 Å². The summed E-state index contributed by atoms with van der Waals surface area (Å²) < 4.78 is 19.4. The molecule has 2 aliphatic heterocycles. The number of aryl methyl sites for hydroxylation is 4. The van der Waals surface area contributed by atoms with Gasteiger partial charge in [0.1, 0.15) is 29.9 Å². The van der Waals surface area contributed by atoms with E-state index in [9.17, 15) is 29.1 Å². The number of piperidine rings is 1. The molecule has 7 rings (SSSR count). The van der Waals surface area contributed by atoms with E-state index >= 15 is 0 Å². The molecule has 4 aromatic carbocycles. The van der Waals surface area contributed by atoms with E-state index in [-0.39, 0.29) is 55.2 Å². The Morgan fingerprint density at radius 1 is 0.900 bits per heavy atom.